The minimum Gasteiger partial charge on any atom is -0.465 e. The number of aryl methyl sites for hydroxylation is 1. The van der Waals surface area contributed by atoms with Crippen molar-refractivity contribution in [3.05, 3.63) is 23.8 Å². The highest BCUT2D eigenvalue weighted by molar-refractivity contribution is 5.94. The summed E-state index contributed by atoms with van der Waals surface area (Å²) in [5.74, 6) is -0.224. The van der Waals surface area contributed by atoms with Gasteiger partial charge in [-0.15, -0.1) is 0 Å². The molecule has 2 rings (SSSR count). The van der Waals surface area contributed by atoms with E-state index in [0.29, 0.717) is 13.0 Å². The fourth-order valence-corrected chi connectivity index (χ4v) is 1.88. The first-order chi connectivity index (χ1) is 8.69. The van der Waals surface area contributed by atoms with Crippen LogP contribution >= 0.6 is 0 Å². The summed E-state index contributed by atoms with van der Waals surface area (Å²) in [7, 11) is 0. The van der Waals surface area contributed by atoms with Crippen LogP contribution in [-0.4, -0.2) is 25.0 Å². The number of amides is 1. The molecule has 5 nitrogen and oxygen atoms in total. The van der Waals surface area contributed by atoms with Gasteiger partial charge in [0.1, 0.15) is 6.54 Å². The van der Waals surface area contributed by atoms with E-state index < -0.39 is 0 Å². The summed E-state index contributed by atoms with van der Waals surface area (Å²) in [5.41, 5.74) is 2.80. The molecule has 5 heteroatoms. The van der Waals surface area contributed by atoms with E-state index >= 15 is 0 Å². The van der Waals surface area contributed by atoms with E-state index in [2.05, 4.69) is 10.6 Å². The van der Waals surface area contributed by atoms with Crippen LogP contribution in [0, 0.1) is 0 Å². The van der Waals surface area contributed by atoms with Crippen LogP contribution in [0.4, 0.5) is 11.4 Å². The average molecular weight is 248 g/mol. The van der Waals surface area contributed by atoms with Gasteiger partial charge >= 0.3 is 5.97 Å². The van der Waals surface area contributed by atoms with Gasteiger partial charge in [-0.1, -0.05) is 0 Å². The molecule has 1 aliphatic rings. The molecule has 0 aliphatic carbocycles. The molecule has 0 fully saturated rings. The molecule has 1 amide bonds. The van der Waals surface area contributed by atoms with Crippen molar-refractivity contribution in [2.45, 2.75) is 19.8 Å². The first kappa shape index (κ1) is 12.4. The lowest BCUT2D eigenvalue weighted by Gasteiger charge is -2.17. The summed E-state index contributed by atoms with van der Waals surface area (Å²) in [6.07, 6.45) is 1.24. The Morgan fingerprint density at radius 3 is 3.06 bits per heavy atom. The summed E-state index contributed by atoms with van der Waals surface area (Å²) >= 11 is 0. The van der Waals surface area contributed by atoms with E-state index in [-0.39, 0.29) is 18.4 Å². The number of rotatable bonds is 4. The van der Waals surface area contributed by atoms with Gasteiger partial charge in [0.05, 0.1) is 6.61 Å². The smallest absolute Gasteiger partial charge is 0.325 e. The van der Waals surface area contributed by atoms with Crippen molar-refractivity contribution < 1.29 is 14.3 Å². The third kappa shape index (κ3) is 3.00. The van der Waals surface area contributed by atoms with Crippen LogP contribution in [-0.2, 0) is 20.7 Å². The molecule has 0 saturated heterocycles. The maximum Gasteiger partial charge on any atom is 0.325 e. The molecule has 0 unspecified atom stereocenters. The zero-order valence-electron chi connectivity index (χ0n) is 10.3. The molecule has 0 saturated carbocycles. The zero-order chi connectivity index (χ0) is 13.0. The van der Waals surface area contributed by atoms with Crippen LogP contribution in [0.2, 0.25) is 0 Å². The molecule has 1 heterocycles. The lowest BCUT2D eigenvalue weighted by atomic mass is 10.0. The summed E-state index contributed by atoms with van der Waals surface area (Å²) < 4.78 is 4.83. The van der Waals surface area contributed by atoms with Crippen LogP contribution in [0.3, 0.4) is 0 Å². The van der Waals surface area contributed by atoms with Gasteiger partial charge in [0.15, 0.2) is 0 Å². The van der Waals surface area contributed by atoms with Crippen LogP contribution in [0.1, 0.15) is 18.9 Å². The van der Waals surface area contributed by atoms with Crippen molar-refractivity contribution in [2.75, 3.05) is 23.8 Å². The van der Waals surface area contributed by atoms with Gasteiger partial charge in [-0.2, -0.15) is 0 Å². The van der Waals surface area contributed by atoms with E-state index in [1.807, 2.05) is 18.2 Å². The Morgan fingerprint density at radius 1 is 1.44 bits per heavy atom. The van der Waals surface area contributed by atoms with Crippen LogP contribution in [0.15, 0.2) is 18.2 Å². The zero-order valence-corrected chi connectivity index (χ0v) is 10.3. The quantitative estimate of drug-likeness (QED) is 0.793. The van der Waals surface area contributed by atoms with Gasteiger partial charge in [-0.05, 0) is 37.1 Å². The Morgan fingerprint density at radius 2 is 2.28 bits per heavy atom. The number of hydrogen-bond acceptors (Lipinski definition) is 4. The topological polar surface area (TPSA) is 67.4 Å². The Hall–Kier alpha value is -2.04. The average Bonchev–Trinajstić information content (AvgIpc) is 2.36. The van der Waals surface area contributed by atoms with E-state index in [1.54, 1.807) is 6.92 Å². The number of hydrogen-bond donors (Lipinski definition) is 2. The van der Waals surface area contributed by atoms with Crippen LogP contribution in [0.5, 0.6) is 0 Å². The third-order valence-corrected chi connectivity index (χ3v) is 2.74. The van der Waals surface area contributed by atoms with Gasteiger partial charge in [0.25, 0.3) is 0 Å². The van der Waals surface area contributed by atoms with Crippen molar-refractivity contribution in [2.24, 2.45) is 0 Å². The van der Waals surface area contributed by atoms with E-state index in [0.717, 1.165) is 23.4 Å². The van der Waals surface area contributed by atoms with Crippen molar-refractivity contribution in [3.8, 4) is 0 Å². The van der Waals surface area contributed by atoms with Crippen LogP contribution in [0.25, 0.3) is 0 Å². The maximum atomic E-state index is 11.2. The molecule has 0 bridgehead atoms. The molecule has 1 aliphatic heterocycles. The van der Waals surface area contributed by atoms with Crippen molar-refractivity contribution >= 4 is 23.3 Å². The van der Waals surface area contributed by atoms with Gasteiger partial charge in [-0.25, -0.2) is 0 Å². The number of ether oxygens (including phenoxy) is 1. The highest BCUT2D eigenvalue weighted by atomic mass is 16.5. The van der Waals surface area contributed by atoms with Gasteiger partial charge in [-0.3, -0.25) is 9.59 Å². The number of esters is 1. The summed E-state index contributed by atoms with van der Waals surface area (Å²) in [5, 5.41) is 5.82. The van der Waals surface area contributed by atoms with E-state index in [1.165, 1.54) is 0 Å². The van der Waals surface area contributed by atoms with E-state index in [9.17, 15) is 9.59 Å². The van der Waals surface area contributed by atoms with Crippen molar-refractivity contribution in [1.29, 1.82) is 0 Å². The Balaban J connectivity index is 1.99. The molecule has 0 spiro atoms. The lowest BCUT2D eigenvalue weighted by Crippen LogP contribution is -2.20. The van der Waals surface area contributed by atoms with Crippen molar-refractivity contribution in [1.82, 2.24) is 0 Å². The Bertz CT molecular complexity index is 471. The molecule has 0 aromatic heterocycles. The molecule has 0 radical (unpaired) electrons. The van der Waals surface area contributed by atoms with Crippen LogP contribution < -0.4 is 10.6 Å². The Kier molecular flexibility index (Phi) is 3.82. The fraction of sp³-hybridized carbons (Fsp3) is 0.385. The molecule has 0 atom stereocenters. The third-order valence-electron chi connectivity index (χ3n) is 2.74. The lowest BCUT2D eigenvalue weighted by molar-refractivity contribution is -0.140. The summed E-state index contributed by atoms with van der Waals surface area (Å²) in [6, 6.07) is 5.64. The van der Waals surface area contributed by atoms with Gasteiger partial charge in [0, 0.05) is 17.8 Å². The molecular formula is C13H16N2O3. The van der Waals surface area contributed by atoms with Crippen molar-refractivity contribution in [3.63, 3.8) is 0 Å². The second kappa shape index (κ2) is 5.53. The SMILES string of the molecule is CCOC(=O)CNc1ccc2c(c1)CCC(=O)N2. The molecule has 1 aromatic rings. The number of nitrogens with one attached hydrogen (secondary N) is 2. The molecule has 1 aromatic carbocycles. The molecule has 2 N–H and O–H groups in total. The number of benzene rings is 1. The predicted molar refractivity (Wildman–Crippen MR) is 68.5 cm³/mol. The highest BCUT2D eigenvalue weighted by Crippen LogP contribution is 2.25. The number of carbonyl (C=O) groups is 2. The monoisotopic (exact) mass is 248 g/mol. The largest absolute Gasteiger partial charge is 0.465 e. The van der Waals surface area contributed by atoms with Gasteiger partial charge < -0.3 is 15.4 Å². The molecule has 96 valence electrons. The fourth-order valence-electron chi connectivity index (χ4n) is 1.88. The predicted octanol–water partition coefficient (Wildman–Crippen LogP) is 1.55. The summed E-state index contributed by atoms with van der Waals surface area (Å²) in [6.45, 7) is 2.31. The number of anilines is 2. The second-order valence-electron chi connectivity index (χ2n) is 4.08. The first-order valence-corrected chi connectivity index (χ1v) is 6.01. The number of fused-ring (bicyclic) bond motifs is 1. The second-order valence-corrected chi connectivity index (χ2v) is 4.08. The maximum absolute atomic E-state index is 11.2. The minimum absolute atomic E-state index is 0.0507. The minimum atomic E-state index is -0.275. The standard InChI is InChI=1S/C13H16N2O3/c1-2-18-13(17)8-14-10-4-5-11-9(7-10)3-6-12(16)15-11/h4-5,7,14H,2-3,6,8H2,1H3,(H,15,16). The highest BCUT2D eigenvalue weighted by Gasteiger charge is 2.14. The van der Waals surface area contributed by atoms with Gasteiger partial charge in [0.2, 0.25) is 5.91 Å². The first-order valence-electron chi connectivity index (χ1n) is 6.01. The van der Waals surface area contributed by atoms with E-state index in [4.69, 9.17) is 4.74 Å². The number of carbonyl (C=O) groups excluding carboxylic acids is 2. The molecule has 18 heavy (non-hydrogen) atoms. The normalized spacial score (nSPS) is 13.5. The molecular weight excluding hydrogens is 232 g/mol. The Labute approximate surface area is 106 Å². The summed E-state index contributed by atoms with van der Waals surface area (Å²) in [4.78, 5) is 22.4.